The Morgan fingerprint density at radius 1 is 1.61 bits per heavy atom. The third-order valence-corrected chi connectivity index (χ3v) is 3.93. The molecule has 0 saturated carbocycles. The molecule has 2 unspecified atom stereocenters. The summed E-state index contributed by atoms with van der Waals surface area (Å²) < 4.78 is 6.03. The molecule has 2 amide bonds. The van der Waals surface area contributed by atoms with E-state index < -0.39 is 5.72 Å². The van der Waals surface area contributed by atoms with Crippen molar-refractivity contribution in [1.29, 1.82) is 0 Å². The molecule has 0 spiro atoms. The zero-order chi connectivity index (χ0) is 12.9. The Morgan fingerprint density at radius 2 is 2.39 bits per heavy atom. The Morgan fingerprint density at radius 3 is 3.11 bits per heavy atom. The number of carbonyl (C=O) groups excluding carboxylic acids is 1. The van der Waals surface area contributed by atoms with Crippen LogP contribution in [0.4, 0.5) is 4.79 Å². The summed E-state index contributed by atoms with van der Waals surface area (Å²) in [6.07, 6.45) is 0.736. The van der Waals surface area contributed by atoms with Crippen molar-refractivity contribution in [2.75, 3.05) is 6.54 Å². The molecule has 4 nitrogen and oxygen atoms in total. The average Bonchev–Trinajstić information content (AvgIpc) is 2.30. The molecule has 3 rings (SSSR count). The van der Waals surface area contributed by atoms with Gasteiger partial charge in [0, 0.05) is 23.6 Å². The lowest BCUT2D eigenvalue weighted by atomic mass is 9.90. The lowest BCUT2D eigenvalue weighted by Gasteiger charge is -2.50. The summed E-state index contributed by atoms with van der Waals surface area (Å²) in [7, 11) is 0. The standard InChI is InChI=1S/C13H15ClN2O2/c1-3-16-12(17)15-10-7-13(16,2)18-11-5-4-8(14)6-9(10)11/h4-6,10H,3,7H2,1-2H3,(H,15,17). The molecule has 0 radical (unpaired) electrons. The van der Waals surface area contributed by atoms with Gasteiger partial charge in [-0.3, -0.25) is 4.90 Å². The van der Waals surface area contributed by atoms with E-state index in [9.17, 15) is 4.79 Å². The highest BCUT2D eigenvalue weighted by atomic mass is 35.5. The van der Waals surface area contributed by atoms with Crippen molar-refractivity contribution >= 4 is 17.6 Å². The maximum Gasteiger partial charge on any atom is 0.320 e. The van der Waals surface area contributed by atoms with Gasteiger partial charge >= 0.3 is 6.03 Å². The third-order valence-electron chi connectivity index (χ3n) is 3.69. The van der Waals surface area contributed by atoms with Crippen molar-refractivity contribution in [2.24, 2.45) is 0 Å². The second-order valence-corrected chi connectivity index (χ2v) is 5.35. The fourth-order valence-electron chi connectivity index (χ4n) is 2.87. The smallest absolute Gasteiger partial charge is 0.320 e. The maximum absolute atomic E-state index is 12.0. The molecule has 1 saturated heterocycles. The molecule has 2 heterocycles. The van der Waals surface area contributed by atoms with Crippen LogP contribution in [-0.4, -0.2) is 23.2 Å². The van der Waals surface area contributed by atoms with E-state index in [0.29, 0.717) is 11.6 Å². The molecular formula is C13H15ClN2O2. The summed E-state index contributed by atoms with van der Waals surface area (Å²) in [6, 6.07) is 5.44. The molecule has 1 aromatic rings. The van der Waals surface area contributed by atoms with Crippen LogP contribution >= 0.6 is 11.6 Å². The van der Waals surface area contributed by atoms with Crippen LogP contribution in [0.5, 0.6) is 5.75 Å². The highest BCUT2D eigenvalue weighted by Gasteiger charge is 2.48. The number of fused-ring (bicyclic) bond motifs is 4. The highest BCUT2D eigenvalue weighted by molar-refractivity contribution is 6.30. The minimum absolute atomic E-state index is 0.0206. The number of benzene rings is 1. The lowest BCUT2D eigenvalue weighted by Crippen LogP contribution is -2.64. The molecule has 18 heavy (non-hydrogen) atoms. The fourth-order valence-corrected chi connectivity index (χ4v) is 3.05. The van der Waals surface area contributed by atoms with Gasteiger partial charge in [0.2, 0.25) is 0 Å². The van der Waals surface area contributed by atoms with Gasteiger partial charge in [0.05, 0.1) is 6.04 Å². The van der Waals surface area contributed by atoms with Crippen LogP contribution in [0.2, 0.25) is 5.02 Å². The van der Waals surface area contributed by atoms with Gasteiger partial charge in [-0.25, -0.2) is 4.79 Å². The van der Waals surface area contributed by atoms with Crippen LogP contribution in [0, 0.1) is 0 Å². The van der Waals surface area contributed by atoms with E-state index in [1.165, 1.54) is 0 Å². The molecule has 2 aliphatic heterocycles. The number of urea groups is 1. The summed E-state index contributed by atoms with van der Waals surface area (Å²) in [5.74, 6) is 0.802. The Kier molecular flexibility index (Phi) is 2.45. The number of ether oxygens (including phenoxy) is 1. The first-order chi connectivity index (χ1) is 8.53. The minimum Gasteiger partial charge on any atom is -0.468 e. The van der Waals surface area contributed by atoms with E-state index in [-0.39, 0.29) is 12.1 Å². The van der Waals surface area contributed by atoms with E-state index in [4.69, 9.17) is 16.3 Å². The summed E-state index contributed by atoms with van der Waals surface area (Å²) in [4.78, 5) is 13.8. The molecule has 2 atom stereocenters. The molecule has 1 fully saturated rings. The van der Waals surface area contributed by atoms with Crippen molar-refractivity contribution in [3.8, 4) is 5.75 Å². The van der Waals surface area contributed by atoms with E-state index >= 15 is 0 Å². The zero-order valence-corrected chi connectivity index (χ0v) is 11.1. The predicted octanol–water partition coefficient (Wildman–Crippen LogP) is 2.92. The molecular weight excluding hydrogens is 252 g/mol. The topological polar surface area (TPSA) is 41.6 Å². The van der Waals surface area contributed by atoms with Crippen molar-refractivity contribution in [2.45, 2.75) is 32.0 Å². The third kappa shape index (κ3) is 1.56. The highest BCUT2D eigenvalue weighted by Crippen LogP contribution is 2.44. The van der Waals surface area contributed by atoms with Crippen LogP contribution in [0.25, 0.3) is 0 Å². The Hall–Kier alpha value is -1.42. The van der Waals surface area contributed by atoms with E-state index in [2.05, 4.69) is 5.32 Å². The summed E-state index contributed by atoms with van der Waals surface area (Å²) >= 11 is 6.00. The van der Waals surface area contributed by atoms with E-state index in [1.54, 1.807) is 4.90 Å². The summed E-state index contributed by atoms with van der Waals surface area (Å²) in [5, 5.41) is 3.67. The van der Waals surface area contributed by atoms with Crippen LogP contribution < -0.4 is 10.1 Å². The number of hydrogen-bond donors (Lipinski definition) is 1. The summed E-state index contributed by atoms with van der Waals surface area (Å²) in [6.45, 7) is 4.53. The number of nitrogens with one attached hydrogen (secondary N) is 1. The van der Waals surface area contributed by atoms with Gasteiger partial charge in [-0.1, -0.05) is 11.6 Å². The van der Waals surface area contributed by atoms with Crippen molar-refractivity contribution < 1.29 is 9.53 Å². The average molecular weight is 267 g/mol. The number of rotatable bonds is 1. The number of amides is 2. The Bertz CT molecular complexity index is 520. The van der Waals surface area contributed by atoms with Crippen LogP contribution in [0.1, 0.15) is 31.9 Å². The fraction of sp³-hybridized carbons (Fsp3) is 0.462. The van der Waals surface area contributed by atoms with Crippen LogP contribution in [0.15, 0.2) is 18.2 Å². The minimum atomic E-state index is -0.567. The monoisotopic (exact) mass is 266 g/mol. The molecule has 0 aliphatic carbocycles. The maximum atomic E-state index is 12.0. The predicted molar refractivity (Wildman–Crippen MR) is 68.8 cm³/mol. The lowest BCUT2D eigenvalue weighted by molar-refractivity contribution is -0.0815. The van der Waals surface area contributed by atoms with Crippen LogP contribution in [0.3, 0.4) is 0 Å². The zero-order valence-electron chi connectivity index (χ0n) is 10.4. The molecule has 5 heteroatoms. The number of nitrogens with zero attached hydrogens (tertiary/aromatic N) is 1. The molecule has 0 aromatic heterocycles. The van der Waals surface area contributed by atoms with Gasteiger partial charge in [0.25, 0.3) is 0 Å². The largest absolute Gasteiger partial charge is 0.468 e. The van der Waals surface area contributed by atoms with Crippen molar-refractivity contribution in [3.63, 3.8) is 0 Å². The molecule has 96 valence electrons. The second kappa shape index (κ2) is 3.79. The normalized spacial score (nSPS) is 29.4. The first kappa shape index (κ1) is 11.7. The first-order valence-corrected chi connectivity index (χ1v) is 6.48. The molecule has 1 aromatic carbocycles. The van der Waals surface area contributed by atoms with E-state index in [1.807, 2.05) is 32.0 Å². The molecule has 2 bridgehead atoms. The second-order valence-electron chi connectivity index (χ2n) is 4.91. The first-order valence-electron chi connectivity index (χ1n) is 6.10. The van der Waals surface area contributed by atoms with Crippen LogP contribution in [-0.2, 0) is 0 Å². The van der Waals surface area contributed by atoms with Gasteiger partial charge in [0.1, 0.15) is 5.75 Å². The number of hydrogen-bond acceptors (Lipinski definition) is 2. The molecule has 1 N–H and O–H groups in total. The number of halogens is 1. The van der Waals surface area contributed by atoms with Gasteiger partial charge in [-0.05, 0) is 32.0 Å². The molecule has 2 aliphatic rings. The van der Waals surface area contributed by atoms with Crippen molar-refractivity contribution in [1.82, 2.24) is 10.2 Å². The quantitative estimate of drug-likeness (QED) is 0.849. The van der Waals surface area contributed by atoms with Crippen molar-refractivity contribution in [3.05, 3.63) is 28.8 Å². The summed E-state index contributed by atoms with van der Waals surface area (Å²) in [5.41, 5.74) is 0.395. The SMILES string of the molecule is CCN1C(=O)NC2CC1(C)Oc1ccc(Cl)cc12. The van der Waals surface area contributed by atoms with Gasteiger partial charge in [0.15, 0.2) is 5.72 Å². The van der Waals surface area contributed by atoms with Gasteiger partial charge in [-0.2, -0.15) is 0 Å². The van der Waals surface area contributed by atoms with Gasteiger partial charge in [-0.15, -0.1) is 0 Å². The van der Waals surface area contributed by atoms with Gasteiger partial charge < -0.3 is 10.1 Å². The Balaban J connectivity index is 2.08. The van der Waals surface area contributed by atoms with E-state index in [0.717, 1.165) is 17.7 Å². The number of carbonyl (C=O) groups is 1. The Labute approximate surface area is 111 Å².